The van der Waals surface area contributed by atoms with E-state index in [1.165, 1.54) is 11.3 Å². The minimum atomic E-state index is -0.0465. The second kappa shape index (κ2) is 6.60. The van der Waals surface area contributed by atoms with Crippen LogP contribution < -0.4 is 5.32 Å². The van der Waals surface area contributed by atoms with E-state index in [1.807, 2.05) is 48.0 Å². The molecule has 3 nitrogen and oxygen atoms in total. The summed E-state index contributed by atoms with van der Waals surface area (Å²) in [6.45, 7) is 2.00. The Kier molecular flexibility index (Phi) is 4.57. The van der Waals surface area contributed by atoms with Gasteiger partial charge in [0.1, 0.15) is 0 Å². The molecule has 0 fully saturated rings. The average molecular weight is 349 g/mol. The van der Waals surface area contributed by atoms with E-state index in [0.717, 1.165) is 21.7 Å². The summed E-state index contributed by atoms with van der Waals surface area (Å²) in [5.74, 6) is -0.0465. The van der Waals surface area contributed by atoms with Crippen LogP contribution in [0, 0.1) is 6.92 Å². The second-order valence-corrected chi connectivity index (χ2v) is 7.21. The lowest BCUT2D eigenvalue weighted by molar-refractivity contribution is -0.115. The molecule has 2 heterocycles. The maximum Gasteiger partial charge on any atom is 0.230 e. The number of carbonyl (C=O) groups excluding carboxylic acids is 1. The number of carbonyl (C=O) groups is 1. The monoisotopic (exact) mass is 348 g/mol. The largest absolute Gasteiger partial charge is 0.302 e. The highest BCUT2D eigenvalue weighted by atomic mass is 35.5. The van der Waals surface area contributed by atoms with Crippen LogP contribution in [-0.2, 0) is 11.2 Å². The molecule has 1 amide bonds. The van der Waals surface area contributed by atoms with Gasteiger partial charge in [0.15, 0.2) is 5.13 Å². The van der Waals surface area contributed by atoms with Crippen molar-refractivity contribution in [1.82, 2.24) is 4.98 Å². The Hall–Kier alpha value is -1.69. The topological polar surface area (TPSA) is 42.0 Å². The Morgan fingerprint density at radius 2 is 2.05 bits per heavy atom. The number of thiazole rings is 1. The van der Waals surface area contributed by atoms with Crippen LogP contribution in [0.2, 0.25) is 5.02 Å². The number of nitrogens with one attached hydrogen (secondary N) is 1. The van der Waals surface area contributed by atoms with Gasteiger partial charge in [0.2, 0.25) is 5.91 Å². The highest BCUT2D eigenvalue weighted by Gasteiger charge is 2.12. The third-order valence-electron chi connectivity index (χ3n) is 3.11. The molecular weight excluding hydrogens is 336 g/mol. The van der Waals surface area contributed by atoms with Crippen LogP contribution in [0.25, 0.3) is 11.3 Å². The Morgan fingerprint density at radius 3 is 2.73 bits per heavy atom. The van der Waals surface area contributed by atoms with Crippen molar-refractivity contribution in [3.8, 4) is 11.3 Å². The SMILES string of the molecule is Cc1sc(NC(=O)Cc2ccsc2)nc1-c1ccc(Cl)cc1. The number of nitrogens with zero attached hydrogens (tertiary/aromatic N) is 1. The fourth-order valence-corrected chi connectivity index (χ4v) is 3.71. The lowest BCUT2D eigenvalue weighted by atomic mass is 10.1. The Bertz CT molecular complexity index is 779. The summed E-state index contributed by atoms with van der Waals surface area (Å²) in [7, 11) is 0. The molecule has 112 valence electrons. The van der Waals surface area contributed by atoms with Crippen LogP contribution in [0.1, 0.15) is 10.4 Å². The van der Waals surface area contributed by atoms with Gasteiger partial charge in [0.05, 0.1) is 12.1 Å². The first-order valence-electron chi connectivity index (χ1n) is 6.66. The van der Waals surface area contributed by atoms with Crippen molar-refractivity contribution in [3.05, 3.63) is 56.6 Å². The van der Waals surface area contributed by atoms with E-state index in [9.17, 15) is 4.79 Å². The second-order valence-electron chi connectivity index (χ2n) is 4.79. The minimum Gasteiger partial charge on any atom is -0.302 e. The molecule has 1 N–H and O–H groups in total. The number of amides is 1. The highest BCUT2D eigenvalue weighted by Crippen LogP contribution is 2.31. The van der Waals surface area contributed by atoms with Gasteiger partial charge in [0, 0.05) is 15.5 Å². The summed E-state index contributed by atoms with van der Waals surface area (Å²) in [6, 6.07) is 9.49. The predicted octanol–water partition coefficient (Wildman–Crippen LogP) is 5.01. The van der Waals surface area contributed by atoms with E-state index in [-0.39, 0.29) is 5.91 Å². The number of benzene rings is 1. The fourth-order valence-electron chi connectivity index (χ4n) is 2.07. The van der Waals surface area contributed by atoms with Gasteiger partial charge >= 0.3 is 0 Å². The molecule has 2 aromatic heterocycles. The highest BCUT2D eigenvalue weighted by molar-refractivity contribution is 7.16. The van der Waals surface area contributed by atoms with Crippen molar-refractivity contribution in [2.75, 3.05) is 5.32 Å². The van der Waals surface area contributed by atoms with Crippen LogP contribution in [0.15, 0.2) is 41.1 Å². The van der Waals surface area contributed by atoms with E-state index in [1.54, 1.807) is 11.3 Å². The van der Waals surface area contributed by atoms with Crippen molar-refractivity contribution >= 4 is 45.3 Å². The Balaban J connectivity index is 1.74. The standard InChI is InChI=1S/C16H13ClN2OS2/c1-10-15(12-2-4-13(17)5-3-12)19-16(22-10)18-14(20)8-11-6-7-21-9-11/h2-7,9H,8H2,1H3,(H,18,19,20). The molecule has 0 aliphatic rings. The molecule has 22 heavy (non-hydrogen) atoms. The molecule has 0 aliphatic carbocycles. The van der Waals surface area contributed by atoms with E-state index in [0.29, 0.717) is 16.6 Å². The summed E-state index contributed by atoms with van der Waals surface area (Å²) < 4.78 is 0. The molecule has 0 saturated heterocycles. The first-order chi connectivity index (χ1) is 10.6. The van der Waals surface area contributed by atoms with E-state index in [2.05, 4.69) is 10.3 Å². The van der Waals surface area contributed by atoms with E-state index in [4.69, 9.17) is 11.6 Å². The van der Waals surface area contributed by atoms with Gasteiger partial charge < -0.3 is 5.32 Å². The number of aromatic nitrogens is 1. The molecule has 1 aromatic carbocycles. The van der Waals surface area contributed by atoms with Crippen molar-refractivity contribution in [2.24, 2.45) is 0 Å². The lowest BCUT2D eigenvalue weighted by Crippen LogP contribution is -2.13. The lowest BCUT2D eigenvalue weighted by Gasteiger charge is -2.00. The van der Waals surface area contributed by atoms with Crippen LogP contribution >= 0.6 is 34.3 Å². The summed E-state index contributed by atoms with van der Waals surface area (Å²) in [6.07, 6.45) is 0.373. The molecule has 3 rings (SSSR count). The number of anilines is 1. The van der Waals surface area contributed by atoms with E-state index < -0.39 is 0 Å². The van der Waals surface area contributed by atoms with Crippen molar-refractivity contribution in [1.29, 1.82) is 0 Å². The molecular formula is C16H13ClN2OS2. The zero-order valence-electron chi connectivity index (χ0n) is 11.8. The fraction of sp³-hybridized carbons (Fsp3) is 0.125. The number of aryl methyl sites for hydroxylation is 1. The normalized spacial score (nSPS) is 10.6. The Morgan fingerprint density at radius 1 is 1.27 bits per heavy atom. The van der Waals surface area contributed by atoms with Gasteiger partial charge in [-0.25, -0.2) is 4.98 Å². The maximum absolute atomic E-state index is 12.0. The molecule has 0 spiro atoms. The minimum absolute atomic E-state index is 0.0465. The van der Waals surface area contributed by atoms with Crippen LogP contribution in [0.5, 0.6) is 0 Å². The zero-order chi connectivity index (χ0) is 15.5. The molecule has 0 atom stereocenters. The summed E-state index contributed by atoms with van der Waals surface area (Å²) in [5.41, 5.74) is 2.90. The van der Waals surface area contributed by atoms with Gasteiger partial charge in [0.25, 0.3) is 0 Å². The summed E-state index contributed by atoms with van der Waals surface area (Å²) >= 11 is 8.98. The molecule has 0 unspecified atom stereocenters. The van der Waals surface area contributed by atoms with Crippen LogP contribution in [0.4, 0.5) is 5.13 Å². The average Bonchev–Trinajstić information content (AvgIpc) is 3.10. The van der Waals surface area contributed by atoms with Gasteiger partial charge in [-0.15, -0.1) is 11.3 Å². The third-order valence-corrected chi connectivity index (χ3v) is 4.98. The number of rotatable bonds is 4. The molecule has 0 saturated carbocycles. The molecule has 3 aromatic rings. The number of hydrogen-bond acceptors (Lipinski definition) is 4. The van der Waals surface area contributed by atoms with Crippen molar-refractivity contribution < 1.29 is 4.79 Å². The quantitative estimate of drug-likeness (QED) is 0.719. The number of thiophene rings is 1. The maximum atomic E-state index is 12.0. The van der Waals surface area contributed by atoms with Gasteiger partial charge in [-0.3, -0.25) is 4.79 Å². The third kappa shape index (κ3) is 3.55. The smallest absolute Gasteiger partial charge is 0.230 e. The number of halogens is 1. The van der Waals surface area contributed by atoms with E-state index >= 15 is 0 Å². The zero-order valence-corrected chi connectivity index (χ0v) is 14.2. The summed E-state index contributed by atoms with van der Waals surface area (Å²) in [4.78, 5) is 17.6. The van der Waals surface area contributed by atoms with Crippen LogP contribution in [0.3, 0.4) is 0 Å². The predicted molar refractivity (Wildman–Crippen MR) is 93.9 cm³/mol. The van der Waals surface area contributed by atoms with Crippen molar-refractivity contribution in [2.45, 2.75) is 13.3 Å². The summed E-state index contributed by atoms with van der Waals surface area (Å²) in [5, 5.41) is 8.14. The Labute approximate surface area is 141 Å². The van der Waals surface area contributed by atoms with Crippen molar-refractivity contribution in [3.63, 3.8) is 0 Å². The first kappa shape index (κ1) is 15.2. The molecule has 0 radical (unpaired) electrons. The van der Waals surface area contributed by atoms with Gasteiger partial charge in [-0.05, 0) is 41.4 Å². The molecule has 0 aliphatic heterocycles. The first-order valence-corrected chi connectivity index (χ1v) is 8.80. The van der Waals surface area contributed by atoms with Crippen LogP contribution in [-0.4, -0.2) is 10.9 Å². The van der Waals surface area contributed by atoms with Gasteiger partial charge in [-0.2, -0.15) is 11.3 Å². The molecule has 6 heteroatoms. The molecule has 0 bridgehead atoms. The van der Waals surface area contributed by atoms with Gasteiger partial charge in [-0.1, -0.05) is 23.7 Å². The number of hydrogen-bond donors (Lipinski definition) is 1.